The summed E-state index contributed by atoms with van der Waals surface area (Å²) in [6.45, 7) is 6.94. The van der Waals surface area contributed by atoms with Gasteiger partial charge in [-0.3, -0.25) is 9.69 Å². The number of morpholine rings is 1. The van der Waals surface area contributed by atoms with Crippen molar-refractivity contribution in [3.8, 4) is 0 Å². The van der Waals surface area contributed by atoms with E-state index in [-0.39, 0.29) is 17.9 Å². The van der Waals surface area contributed by atoms with Gasteiger partial charge in [-0.1, -0.05) is 0 Å². The third kappa shape index (κ3) is 3.22. The lowest BCUT2D eigenvalue weighted by Gasteiger charge is -2.40. The smallest absolute Gasteiger partial charge is 0.222 e. The van der Waals surface area contributed by atoms with Gasteiger partial charge in [-0.15, -0.1) is 0 Å². The topological polar surface area (TPSA) is 53.6 Å². The molecule has 0 aliphatic carbocycles. The molecule has 2 heterocycles. The standard InChI is InChI=1S/C13H25N3O2/c1-10(12-9-15-5-8-18-12)16-6-3-11(4-7-16)13(17)14-2/h10-12,15H,3-9H2,1-2H3,(H,14,17). The van der Waals surface area contributed by atoms with Crippen molar-refractivity contribution in [2.75, 3.05) is 39.8 Å². The van der Waals surface area contributed by atoms with Gasteiger partial charge in [-0.2, -0.15) is 0 Å². The van der Waals surface area contributed by atoms with E-state index < -0.39 is 0 Å². The van der Waals surface area contributed by atoms with Crippen molar-refractivity contribution in [2.24, 2.45) is 5.92 Å². The highest BCUT2D eigenvalue weighted by Gasteiger charge is 2.31. The number of nitrogens with zero attached hydrogens (tertiary/aromatic N) is 1. The molecule has 2 aliphatic rings. The minimum atomic E-state index is 0.192. The van der Waals surface area contributed by atoms with E-state index in [0.29, 0.717) is 6.04 Å². The molecule has 5 heteroatoms. The molecule has 104 valence electrons. The maximum absolute atomic E-state index is 11.6. The number of rotatable bonds is 3. The molecule has 2 aliphatic heterocycles. The lowest BCUT2D eigenvalue weighted by Crippen LogP contribution is -2.53. The van der Waals surface area contributed by atoms with Crippen molar-refractivity contribution >= 4 is 5.91 Å². The Hall–Kier alpha value is -0.650. The van der Waals surface area contributed by atoms with Crippen molar-refractivity contribution < 1.29 is 9.53 Å². The summed E-state index contributed by atoms with van der Waals surface area (Å²) >= 11 is 0. The minimum absolute atomic E-state index is 0.192. The van der Waals surface area contributed by atoms with Crippen molar-refractivity contribution in [2.45, 2.75) is 31.9 Å². The Morgan fingerprint density at radius 3 is 2.72 bits per heavy atom. The summed E-state index contributed by atoms with van der Waals surface area (Å²) in [4.78, 5) is 14.0. The van der Waals surface area contributed by atoms with Crippen LogP contribution in [0, 0.1) is 5.92 Å². The first-order chi connectivity index (χ1) is 8.72. The van der Waals surface area contributed by atoms with Crippen molar-refractivity contribution in [1.29, 1.82) is 0 Å². The van der Waals surface area contributed by atoms with Gasteiger partial charge in [0.2, 0.25) is 5.91 Å². The SMILES string of the molecule is CNC(=O)C1CCN(C(C)C2CNCCO2)CC1. The second kappa shape index (κ2) is 6.50. The van der Waals surface area contributed by atoms with Gasteiger partial charge in [-0.25, -0.2) is 0 Å². The molecule has 5 nitrogen and oxygen atoms in total. The number of hydrogen-bond donors (Lipinski definition) is 2. The molecule has 18 heavy (non-hydrogen) atoms. The summed E-state index contributed by atoms with van der Waals surface area (Å²) in [6.07, 6.45) is 2.21. The van der Waals surface area contributed by atoms with Crippen LogP contribution in [0.15, 0.2) is 0 Å². The van der Waals surface area contributed by atoms with Gasteiger partial charge >= 0.3 is 0 Å². The number of carbonyl (C=O) groups excluding carboxylic acids is 1. The maximum Gasteiger partial charge on any atom is 0.222 e. The first kappa shape index (κ1) is 13.8. The fraction of sp³-hybridized carbons (Fsp3) is 0.923. The zero-order valence-electron chi connectivity index (χ0n) is 11.4. The Labute approximate surface area is 109 Å². The summed E-state index contributed by atoms with van der Waals surface area (Å²) in [6, 6.07) is 0.434. The molecule has 0 radical (unpaired) electrons. The van der Waals surface area contributed by atoms with Gasteiger partial charge in [-0.05, 0) is 32.9 Å². The van der Waals surface area contributed by atoms with E-state index in [4.69, 9.17) is 4.74 Å². The summed E-state index contributed by atoms with van der Waals surface area (Å²) in [5.74, 6) is 0.390. The molecular weight excluding hydrogens is 230 g/mol. The highest BCUT2D eigenvalue weighted by Crippen LogP contribution is 2.21. The van der Waals surface area contributed by atoms with Crippen LogP contribution in [0.1, 0.15) is 19.8 Å². The van der Waals surface area contributed by atoms with Gasteiger partial charge in [0, 0.05) is 32.1 Å². The molecule has 0 aromatic carbocycles. The first-order valence-electron chi connectivity index (χ1n) is 7.00. The molecular formula is C13H25N3O2. The van der Waals surface area contributed by atoms with Crippen LogP contribution in [-0.2, 0) is 9.53 Å². The van der Waals surface area contributed by atoms with E-state index in [9.17, 15) is 4.79 Å². The normalized spacial score (nSPS) is 28.9. The summed E-state index contributed by atoms with van der Waals surface area (Å²) in [5.41, 5.74) is 0. The Morgan fingerprint density at radius 2 is 2.17 bits per heavy atom. The average Bonchev–Trinajstić information content (AvgIpc) is 2.47. The number of carbonyl (C=O) groups is 1. The Bertz CT molecular complexity index is 271. The molecule has 2 saturated heterocycles. The molecule has 0 spiro atoms. The van der Waals surface area contributed by atoms with Crippen molar-refractivity contribution in [3.63, 3.8) is 0 Å². The van der Waals surface area contributed by atoms with Gasteiger partial charge in [0.05, 0.1) is 12.7 Å². The molecule has 0 aromatic rings. The van der Waals surface area contributed by atoms with E-state index >= 15 is 0 Å². The summed E-state index contributed by atoms with van der Waals surface area (Å²) in [7, 11) is 1.72. The van der Waals surface area contributed by atoms with Crippen LogP contribution in [0.5, 0.6) is 0 Å². The monoisotopic (exact) mass is 255 g/mol. The van der Waals surface area contributed by atoms with E-state index in [2.05, 4.69) is 22.5 Å². The molecule has 2 atom stereocenters. The van der Waals surface area contributed by atoms with Gasteiger partial charge in [0.25, 0.3) is 0 Å². The molecule has 0 aromatic heterocycles. The Morgan fingerprint density at radius 1 is 1.44 bits per heavy atom. The number of amides is 1. The highest BCUT2D eigenvalue weighted by atomic mass is 16.5. The quantitative estimate of drug-likeness (QED) is 0.735. The second-order valence-electron chi connectivity index (χ2n) is 5.28. The zero-order chi connectivity index (χ0) is 13.0. The number of piperidine rings is 1. The van der Waals surface area contributed by atoms with Crippen molar-refractivity contribution in [3.05, 3.63) is 0 Å². The van der Waals surface area contributed by atoms with Gasteiger partial charge < -0.3 is 15.4 Å². The third-order valence-corrected chi connectivity index (χ3v) is 4.22. The lowest BCUT2D eigenvalue weighted by molar-refractivity contribution is -0.126. The predicted octanol–water partition coefficient (Wildman–Crippen LogP) is -0.179. The van der Waals surface area contributed by atoms with Crippen LogP contribution in [0.4, 0.5) is 0 Å². The van der Waals surface area contributed by atoms with Crippen LogP contribution < -0.4 is 10.6 Å². The third-order valence-electron chi connectivity index (χ3n) is 4.22. The van der Waals surface area contributed by atoms with Crippen LogP contribution in [0.25, 0.3) is 0 Å². The first-order valence-corrected chi connectivity index (χ1v) is 7.00. The number of hydrogen-bond acceptors (Lipinski definition) is 4. The van der Waals surface area contributed by atoms with E-state index in [1.807, 2.05) is 0 Å². The molecule has 2 rings (SSSR count). The number of nitrogens with one attached hydrogen (secondary N) is 2. The van der Waals surface area contributed by atoms with Crippen LogP contribution in [0.2, 0.25) is 0 Å². The molecule has 0 saturated carbocycles. The van der Waals surface area contributed by atoms with Crippen LogP contribution >= 0.6 is 0 Å². The molecule has 2 unspecified atom stereocenters. The van der Waals surface area contributed by atoms with Crippen LogP contribution in [-0.4, -0.2) is 62.8 Å². The fourth-order valence-corrected chi connectivity index (χ4v) is 2.90. The van der Waals surface area contributed by atoms with Gasteiger partial charge in [0.15, 0.2) is 0 Å². The maximum atomic E-state index is 11.6. The number of likely N-dealkylation sites (tertiary alicyclic amines) is 1. The minimum Gasteiger partial charge on any atom is -0.374 e. The molecule has 2 N–H and O–H groups in total. The summed E-state index contributed by atoms with van der Waals surface area (Å²) in [5, 5.41) is 6.13. The summed E-state index contributed by atoms with van der Waals surface area (Å²) < 4.78 is 5.80. The van der Waals surface area contributed by atoms with E-state index in [1.54, 1.807) is 7.05 Å². The largest absolute Gasteiger partial charge is 0.374 e. The van der Waals surface area contributed by atoms with Gasteiger partial charge in [0.1, 0.15) is 0 Å². The van der Waals surface area contributed by atoms with E-state index in [0.717, 1.165) is 45.6 Å². The molecule has 1 amide bonds. The Kier molecular flexibility index (Phi) is 4.97. The van der Waals surface area contributed by atoms with Crippen LogP contribution in [0.3, 0.4) is 0 Å². The molecule has 0 bridgehead atoms. The van der Waals surface area contributed by atoms with Crippen molar-refractivity contribution in [1.82, 2.24) is 15.5 Å². The lowest BCUT2D eigenvalue weighted by atomic mass is 9.94. The second-order valence-corrected chi connectivity index (χ2v) is 5.28. The molecule has 2 fully saturated rings. The fourth-order valence-electron chi connectivity index (χ4n) is 2.90. The average molecular weight is 255 g/mol. The zero-order valence-corrected chi connectivity index (χ0v) is 11.4. The number of ether oxygens (including phenoxy) is 1. The highest BCUT2D eigenvalue weighted by molar-refractivity contribution is 5.78. The predicted molar refractivity (Wildman–Crippen MR) is 70.4 cm³/mol. The van der Waals surface area contributed by atoms with E-state index in [1.165, 1.54) is 0 Å². The Balaban J connectivity index is 1.79.